The van der Waals surface area contributed by atoms with Crippen LogP contribution in [-0.2, 0) is 10.5 Å². The standard InChI is InChI=1S/C12H11ClN2O3S/c13-8-1-2-10-14-9(5-11(16)15(10)6-8)7-19-4-3-12(17)18/h1-2,5-6H,3-4,7H2,(H,17,18). The normalized spacial score (nSPS) is 10.8. The smallest absolute Gasteiger partial charge is 0.304 e. The Bertz CT molecular complexity index is 672. The van der Waals surface area contributed by atoms with Crippen LogP contribution in [0.25, 0.3) is 5.65 Å². The molecule has 7 heteroatoms. The zero-order valence-electron chi connectivity index (χ0n) is 9.88. The maximum absolute atomic E-state index is 11.9. The molecule has 0 radical (unpaired) electrons. The highest BCUT2D eigenvalue weighted by Crippen LogP contribution is 2.12. The Balaban J connectivity index is 2.15. The average Bonchev–Trinajstić information content (AvgIpc) is 2.35. The minimum atomic E-state index is -0.825. The van der Waals surface area contributed by atoms with Crippen LogP contribution < -0.4 is 5.56 Å². The van der Waals surface area contributed by atoms with Crippen LogP contribution in [0.4, 0.5) is 0 Å². The number of aliphatic carboxylic acids is 1. The summed E-state index contributed by atoms with van der Waals surface area (Å²) in [6.07, 6.45) is 1.63. The van der Waals surface area contributed by atoms with E-state index in [1.807, 2.05) is 0 Å². The highest BCUT2D eigenvalue weighted by molar-refractivity contribution is 7.98. The van der Waals surface area contributed by atoms with Crippen molar-refractivity contribution in [2.75, 3.05) is 5.75 Å². The second-order valence-electron chi connectivity index (χ2n) is 3.86. The van der Waals surface area contributed by atoms with Crippen molar-refractivity contribution in [1.82, 2.24) is 9.38 Å². The minimum Gasteiger partial charge on any atom is -0.481 e. The van der Waals surface area contributed by atoms with Gasteiger partial charge in [-0.05, 0) is 12.1 Å². The van der Waals surface area contributed by atoms with Crippen LogP contribution in [0.2, 0.25) is 5.02 Å². The monoisotopic (exact) mass is 298 g/mol. The van der Waals surface area contributed by atoms with E-state index in [-0.39, 0.29) is 12.0 Å². The van der Waals surface area contributed by atoms with Crippen molar-refractivity contribution < 1.29 is 9.90 Å². The van der Waals surface area contributed by atoms with Crippen LogP contribution in [0, 0.1) is 0 Å². The molecular formula is C12H11ClN2O3S. The van der Waals surface area contributed by atoms with E-state index in [1.54, 1.807) is 12.1 Å². The van der Waals surface area contributed by atoms with Gasteiger partial charge in [0.1, 0.15) is 5.65 Å². The molecule has 0 aliphatic heterocycles. The van der Waals surface area contributed by atoms with Crippen LogP contribution in [0.15, 0.2) is 29.2 Å². The number of hydrogen-bond donors (Lipinski definition) is 1. The molecule has 0 saturated carbocycles. The molecule has 0 fully saturated rings. The summed E-state index contributed by atoms with van der Waals surface area (Å²) in [5, 5.41) is 9.00. The Hall–Kier alpha value is -1.53. The van der Waals surface area contributed by atoms with Gasteiger partial charge in [0, 0.05) is 23.8 Å². The van der Waals surface area contributed by atoms with Crippen molar-refractivity contribution in [1.29, 1.82) is 0 Å². The van der Waals surface area contributed by atoms with Crippen LogP contribution in [0.5, 0.6) is 0 Å². The minimum absolute atomic E-state index is 0.104. The summed E-state index contributed by atoms with van der Waals surface area (Å²) >= 11 is 7.25. The average molecular weight is 299 g/mol. The van der Waals surface area contributed by atoms with E-state index < -0.39 is 5.97 Å². The van der Waals surface area contributed by atoms with E-state index in [0.29, 0.717) is 27.9 Å². The second kappa shape index (κ2) is 6.08. The predicted molar refractivity (Wildman–Crippen MR) is 74.9 cm³/mol. The van der Waals surface area contributed by atoms with E-state index in [2.05, 4.69) is 4.98 Å². The van der Waals surface area contributed by atoms with Crippen LogP contribution >= 0.6 is 23.4 Å². The summed E-state index contributed by atoms with van der Waals surface area (Å²) < 4.78 is 1.38. The molecule has 2 aromatic heterocycles. The lowest BCUT2D eigenvalue weighted by Gasteiger charge is -2.04. The Morgan fingerprint density at radius 1 is 1.47 bits per heavy atom. The van der Waals surface area contributed by atoms with Gasteiger partial charge in [-0.2, -0.15) is 11.8 Å². The van der Waals surface area contributed by atoms with Crippen LogP contribution in [0.1, 0.15) is 12.1 Å². The number of carbonyl (C=O) groups is 1. The van der Waals surface area contributed by atoms with Crippen molar-refractivity contribution in [2.24, 2.45) is 0 Å². The lowest BCUT2D eigenvalue weighted by atomic mass is 10.4. The van der Waals surface area contributed by atoms with Gasteiger partial charge in [-0.3, -0.25) is 14.0 Å². The molecule has 2 rings (SSSR count). The Morgan fingerprint density at radius 3 is 3.00 bits per heavy atom. The number of aromatic nitrogens is 2. The molecule has 0 saturated heterocycles. The van der Waals surface area contributed by atoms with Crippen molar-refractivity contribution in [3.63, 3.8) is 0 Å². The highest BCUT2D eigenvalue weighted by Gasteiger charge is 2.04. The lowest BCUT2D eigenvalue weighted by molar-refractivity contribution is -0.136. The molecule has 0 aliphatic rings. The lowest BCUT2D eigenvalue weighted by Crippen LogP contribution is -2.15. The number of fused-ring (bicyclic) bond motifs is 1. The summed E-state index contributed by atoms with van der Waals surface area (Å²) in [7, 11) is 0. The third-order valence-corrected chi connectivity index (χ3v) is 3.60. The Morgan fingerprint density at radius 2 is 2.26 bits per heavy atom. The highest BCUT2D eigenvalue weighted by atomic mass is 35.5. The van der Waals surface area contributed by atoms with Gasteiger partial charge in [0.2, 0.25) is 0 Å². The number of carboxylic acids is 1. The van der Waals surface area contributed by atoms with Crippen molar-refractivity contribution in [3.8, 4) is 0 Å². The van der Waals surface area contributed by atoms with Crippen molar-refractivity contribution in [2.45, 2.75) is 12.2 Å². The number of halogens is 1. The first-order valence-corrected chi connectivity index (χ1v) is 7.07. The number of thioether (sulfide) groups is 1. The van der Waals surface area contributed by atoms with Crippen LogP contribution in [-0.4, -0.2) is 26.2 Å². The zero-order valence-corrected chi connectivity index (χ0v) is 11.4. The van der Waals surface area contributed by atoms with Gasteiger partial charge in [0.05, 0.1) is 17.1 Å². The summed E-state index contributed by atoms with van der Waals surface area (Å²) in [6, 6.07) is 4.79. The molecule has 5 nitrogen and oxygen atoms in total. The number of hydrogen-bond acceptors (Lipinski definition) is 4. The molecule has 0 spiro atoms. The Labute approximate surface area is 118 Å². The molecule has 0 amide bonds. The largest absolute Gasteiger partial charge is 0.481 e. The van der Waals surface area contributed by atoms with Gasteiger partial charge >= 0.3 is 5.97 Å². The molecule has 0 unspecified atom stereocenters. The molecule has 2 heterocycles. The summed E-state index contributed by atoms with van der Waals surface area (Å²) in [5.74, 6) is 0.187. The quantitative estimate of drug-likeness (QED) is 0.856. The zero-order chi connectivity index (χ0) is 13.8. The number of carboxylic acid groups (broad SMARTS) is 1. The molecule has 1 N–H and O–H groups in total. The molecule has 0 aliphatic carbocycles. The third-order valence-electron chi connectivity index (χ3n) is 2.39. The van der Waals surface area contributed by atoms with Gasteiger partial charge in [-0.15, -0.1) is 0 Å². The van der Waals surface area contributed by atoms with Crippen molar-refractivity contribution in [3.05, 3.63) is 45.5 Å². The van der Waals surface area contributed by atoms with Crippen LogP contribution in [0.3, 0.4) is 0 Å². The van der Waals surface area contributed by atoms with Gasteiger partial charge in [-0.25, -0.2) is 4.98 Å². The molecule has 19 heavy (non-hydrogen) atoms. The van der Waals surface area contributed by atoms with E-state index in [4.69, 9.17) is 16.7 Å². The summed E-state index contributed by atoms with van der Waals surface area (Å²) in [4.78, 5) is 26.6. The molecule has 0 atom stereocenters. The van der Waals surface area contributed by atoms with Gasteiger partial charge < -0.3 is 5.11 Å². The third kappa shape index (κ3) is 3.71. The van der Waals surface area contributed by atoms with Gasteiger partial charge in [0.15, 0.2) is 0 Å². The Kier molecular flexibility index (Phi) is 4.44. The van der Waals surface area contributed by atoms with E-state index >= 15 is 0 Å². The van der Waals surface area contributed by atoms with E-state index in [1.165, 1.54) is 28.4 Å². The fraction of sp³-hybridized carbons (Fsp3) is 0.250. The number of pyridine rings is 1. The first kappa shape index (κ1) is 13.9. The number of rotatable bonds is 5. The fourth-order valence-corrected chi connectivity index (χ4v) is 2.52. The van der Waals surface area contributed by atoms with E-state index in [0.717, 1.165) is 0 Å². The predicted octanol–water partition coefficient (Wildman–Crippen LogP) is 2.06. The van der Waals surface area contributed by atoms with E-state index in [9.17, 15) is 9.59 Å². The SMILES string of the molecule is O=C(O)CCSCc1cc(=O)n2cc(Cl)ccc2n1. The second-order valence-corrected chi connectivity index (χ2v) is 5.40. The van der Waals surface area contributed by atoms with Gasteiger partial charge in [0.25, 0.3) is 5.56 Å². The molecule has 2 aromatic rings. The maximum atomic E-state index is 11.9. The molecule has 0 aromatic carbocycles. The fourth-order valence-electron chi connectivity index (χ4n) is 1.54. The topological polar surface area (TPSA) is 71.7 Å². The molecular weight excluding hydrogens is 288 g/mol. The number of nitrogens with zero attached hydrogens (tertiary/aromatic N) is 2. The first-order chi connectivity index (χ1) is 9.06. The van der Waals surface area contributed by atoms with Crippen molar-refractivity contribution >= 4 is 35.0 Å². The first-order valence-electron chi connectivity index (χ1n) is 5.53. The maximum Gasteiger partial charge on any atom is 0.304 e. The van der Waals surface area contributed by atoms with Gasteiger partial charge in [-0.1, -0.05) is 11.6 Å². The summed E-state index contributed by atoms with van der Waals surface area (Å²) in [5.41, 5.74) is 0.981. The molecule has 0 bridgehead atoms. The molecule has 100 valence electrons. The summed E-state index contributed by atoms with van der Waals surface area (Å²) in [6.45, 7) is 0.